The fraction of sp³-hybridized carbons (Fsp3) is 0.333. The van der Waals surface area contributed by atoms with Crippen LogP contribution in [-0.4, -0.2) is 18.4 Å². The van der Waals surface area contributed by atoms with Crippen molar-refractivity contribution in [2.45, 2.75) is 33.6 Å². The van der Waals surface area contributed by atoms with E-state index in [1.807, 2.05) is 43.9 Å². The van der Waals surface area contributed by atoms with E-state index < -0.39 is 5.41 Å². The molecule has 2 aromatic carbocycles. The van der Waals surface area contributed by atoms with Crippen molar-refractivity contribution in [3.8, 4) is 0 Å². The molecule has 2 aromatic rings. The number of hydrogen-bond acceptors (Lipinski definition) is 2. The van der Waals surface area contributed by atoms with Crippen molar-refractivity contribution in [2.75, 3.05) is 16.8 Å². The summed E-state index contributed by atoms with van der Waals surface area (Å²) >= 11 is 0. The number of benzene rings is 2. The van der Waals surface area contributed by atoms with Crippen LogP contribution in [0.15, 0.2) is 42.5 Å². The quantitative estimate of drug-likeness (QED) is 0.907. The van der Waals surface area contributed by atoms with E-state index in [2.05, 4.69) is 5.32 Å². The molecule has 0 radical (unpaired) electrons. The maximum atomic E-state index is 12.9. The molecule has 1 heterocycles. The van der Waals surface area contributed by atoms with Crippen molar-refractivity contribution < 1.29 is 14.0 Å². The Bertz CT molecular complexity index is 838. The highest BCUT2D eigenvalue weighted by molar-refractivity contribution is 5.99. The van der Waals surface area contributed by atoms with E-state index >= 15 is 0 Å². The lowest BCUT2D eigenvalue weighted by Crippen LogP contribution is -2.38. The van der Waals surface area contributed by atoms with Crippen molar-refractivity contribution in [1.29, 1.82) is 0 Å². The van der Waals surface area contributed by atoms with Gasteiger partial charge >= 0.3 is 0 Å². The lowest BCUT2D eigenvalue weighted by molar-refractivity contribution is -0.125. The molecule has 0 saturated carbocycles. The van der Waals surface area contributed by atoms with Crippen LogP contribution < -0.4 is 10.2 Å². The van der Waals surface area contributed by atoms with Crippen LogP contribution in [0.2, 0.25) is 0 Å². The molecule has 3 rings (SSSR count). The third kappa shape index (κ3) is 3.93. The van der Waals surface area contributed by atoms with Crippen LogP contribution in [-0.2, 0) is 22.4 Å². The van der Waals surface area contributed by atoms with Crippen LogP contribution in [0.3, 0.4) is 0 Å². The number of rotatable bonds is 3. The van der Waals surface area contributed by atoms with Crippen LogP contribution in [0.5, 0.6) is 0 Å². The zero-order valence-electron chi connectivity index (χ0n) is 15.3. The number of amides is 2. The molecule has 26 heavy (non-hydrogen) atoms. The summed E-state index contributed by atoms with van der Waals surface area (Å²) in [7, 11) is 0. The lowest BCUT2D eigenvalue weighted by Gasteiger charge is -2.26. The van der Waals surface area contributed by atoms with Gasteiger partial charge in [-0.3, -0.25) is 9.59 Å². The van der Waals surface area contributed by atoms with E-state index in [1.165, 1.54) is 12.1 Å². The van der Waals surface area contributed by atoms with Crippen molar-refractivity contribution in [1.82, 2.24) is 0 Å². The van der Waals surface area contributed by atoms with E-state index in [0.29, 0.717) is 12.2 Å². The van der Waals surface area contributed by atoms with Gasteiger partial charge in [-0.2, -0.15) is 0 Å². The fourth-order valence-electron chi connectivity index (χ4n) is 3.09. The topological polar surface area (TPSA) is 49.4 Å². The zero-order chi connectivity index (χ0) is 18.9. The van der Waals surface area contributed by atoms with Crippen LogP contribution in [0.4, 0.5) is 15.8 Å². The van der Waals surface area contributed by atoms with E-state index in [0.717, 1.165) is 23.2 Å². The van der Waals surface area contributed by atoms with Gasteiger partial charge in [-0.25, -0.2) is 4.39 Å². The first kappa shape index (κ1) is 18.1. The maximum absolute atomic E-state index is 12.9. The second-order valence-electron chi connectivity index (χ2n) is 7.65. The summed E-state index contributed by atoms with van der Waals surface area (Å²) in [6.45, 7) is 6.41. The molecule has 0 fully saturated rings. The Morgan fingerprint density at radius 2 is 1.81 bits per heavy atom. The van der Waals surface area contributed by atoms with Gasteiger partial charge in [-0.05, 0) is 47.9 Å². The Morgan fingerprint density at radius 3 is 2.46 bits per heavy atom. The SMILES string of the molecule is CC(C)(C)C(=O)N1CCc2cc(NC(=O)Cc3ccc(F)cc3)ccc21. The summed E-state index contributed by atoms with van der Waals surface area (Å²) in [5.74, 6) is -0.372. The van der Waals surface area contributed by atoms with Gasteiger partial charge in [-0.1, -0.05) is 32.9 Å². The minimum absolute atomic E-state index is 0.101. The number of halogens is 1. The largest absolute Gasteiger partial charge is 0.326 e. The summed E-state index contributed by atoms with van der Waals surface area (Å²) in [5, 5.41) is 2.87. The number of nitrogens with one attached hydrogen (secondary N) is 1. The summed E-state index contributed by atoms with van der Waals surface area (Å²) in [6.07, 6.45) is 0.963. The summed E-state index contributed by atoms with van der Waals surface area (Å²) < 4.78 is 12.9. The van der Waals surface area contributed by atoms with Gasteiger partial charge in [0.1, 0.15) is 5.82 Å². The van der Waals surface area contributed by atoms with E-state index in [1.54, 1.807) is 12.1 Å². The normalized spacial score (nSPS) is 13.5. The summed E-state index contributed by atoms with van der Waals surface area (Å²) in [6, 6.07) is 11.5. The molecule has 4 nitrogen and oxygen atoms in total. The van der Waals surface area contributed by atoms with Crippen molar-refractivity contribution >= 4 is 23.2 Å². The van der Waals surface area contributed by atoms with Gasteiger partial charge in [0.2, 0.25) is 11.8 Å². The average molecular weight is 354 g/mol. The monoisotopic (exact) mass is 354 g/mol. The van der Waals surface area contributed by atoms with Gasteiger partial charge < -0.3 is 10.2 Å². The molecule has 136 valence electrons. The molecule has 0 bridgehead atoms. The molecule has 5 heteroatoms. The second kappa shape index (κ2) is 6.90. The van der Waals surface area contributed by atoms with Gasteiger partial charge in [0.05, 0.1) is 6.42 Å². The van der Waals surface area contributed by atoms with E-state index in [9.17, 15) is 14.0 Å². The molecule has 1 aliphatic rings. The Morgan fingerprint density at radius 1 is 1.12 bits per heavy atom. The third-order valence-electron chi connectivity index (χ3n) is 4.42. The molecule has 1 aliphatic heterocycles. The van der Waals surface area contributed by atoms with Crippen LogP contribution in [0.25, 0.3) is 0 Å². The van der Waals surface area contributed by atoms with Gasteiger partial charge in [-0.15, -0.1) is 0 Å². The number of fused-ring (bicyclic) bond motifs is 1. The van der Waals surface area contributed by atoms with Crippen LogP contribution >= 0.6 is 0 Å². The zero-order valence-corrected chi connectivity index (χ0v) is 15.3. The van der Waals surface area contributed by atoms with Gasteiger partial charge in [0, 0.05) is 23.3 Å². The fourth-order valence-corrected chi connectivity index (χ4v) is 3.09. The van der Waals surface area contributed by atoms with Gasteiger partial charge in [0.25, 0.3) is 0 Å². The standard InChI is InChI=1S/C21H23FN2O2/c1-21(2,3)20(26)24-11-10-15-13-17(8-9-18(15)24)23-19(25)12-14-4-6-16(22)7-5-14/h4-9,13H,10-12H2,1-3H3,(H,23,25). The Labute approximate surface area is 153 Å². The smallest absolute Gasteiger partial charge is 0.232 e. The second-order valence-corrected chi connectivity index (χ2v) is 7.65. The molecule has 0 aliphatic carbocycles. The predicted molar refractivity (Wildman–Crippen MR) is 101 cm³/mol. The van der Waals surface area contributed by atoms with Gasteiger partial charge in [0.15, 0.2) is 0 Å². The predicted octanol–water partition coefficient (Wildman–Crippen LogP) is 3.94. The molecule has 0 spiro atoms. The number of carbonyl (C=O) groups excluding carboxylic acids is 2. The Hall–Kier alpha value is -2.69. The van der Waals surface area contributed by atoms with E-state index in [-0.39, 0.29) is 24.1 Å². The first-order chi connectivity index (χ1) is 12.2. The third-order valence-corrected chi connectivity index (χ3v) is 4.42. The van der Waals surface area contributed by atoms with Crippen molar-refractivity contribution in [2.24, 2.45) is 5.41 Å². The highest BCUT2D eigenvalue weighted by Gasteiger charge is 2.32. The first-order valence-corrected chi connectivity index (χ1v) is 8.73. The number of nitrogens with zero attached hydrogens (tertiary/aromatic N) is 1. The number of anilines is 2. The van der Waals surface area contributed by atoms with Crippen molar-refractivity contribution in [3.05, 3.63) is 59.4 Å². The minimum atomic E-state index is -0.427. The van der Waals surface area contributed by atoms with Crippen LogP contribution in [0, 0.1) is 11.2 Å². The minimum Gasteiger partial charge on any atom is -0.326 e. The van der Waals surface area contributed by atoms with Crippen molar-refractivity contribution in [3.63, 3.8) is 0 Å². The first-order valence-electron chi connectivity index (χ1n) is 8.73. The summed E-state index contributed by atoms with van der Waals surface area (Å²) in [5.41, 5.74) is 3.01. The lowest BCUT2D eigenvalue weighted by atomic mass is 9.94. The van der Waals surface area contributed by atoms with E-state index in [4.69, 9.17) is 0 Å². The molecule has 0 atom stereocenters. The molecular formula is C21H23FN2O2. The Kier molecular flexibility index (Phi) is 4.81. The molecule has 1 N–H and O–H groups in total. The highest BCUT2D eigenvalue weighted by atomic mass is 19.1. The molecule has 0 unspecified atom stereocenters. The number of hydrogen-bond donors (Lipinski definition) is 1. The molecule has 2 amide bonds. The number of carbonyl (C=O) groups is 2. The Balaban J connectivity index is 1.69. The molecule has 0 aromatic heterocycles. The average Bonchev–Trinajstić information content (AvgIpc) is 2.98. The highest BCUT2D eigenvalue weighted by Crippen LogP contribution is 2.33. The molecule has 0 saturated heterocycles. The summed E-state index contributed by atoms with van der Waals surface area (Å²) in [4.78, 5) is 26.6. The molecular weight excluding hydrogens is 331 g/mol. The van der Waals surface area contributed by atoms with Crippen LogP contribution in [0.1, 0.15) is 31.9 Å². The maximum Gasteiger partial charge on any atom is 0.232 e.